The number of carbonyl (C=O) groups excluding carboxylic acids is 1. The maximum atomic E-state index is 14.3. The molecule has 4 heterocycles. The van der Waals surface area contributed by atoms with Crippen LogP contribution in [0.5, 0.6) is 0 Å². The van der Waals surface area contributed by atoms with Crippen LogP contribution in [0, 0.1) is 30.2 Å². The number of amides is 1. The highest BCUT2D eigenvalue weighted by atomic mass is 19.2. The van der Waals surface area contributed by atoms with Crippen LogP contribution in [0.25, 0.3) is 0 Å². The molecule has 1 saturated heterocycles. The number of aromatic nitrogens is 1. The number of anilines is 1. The second-order valence-corrected chi connectivity index (χ2v) is 11.3. The van der Waals surface area contributed by atoms with E-state index in [2.05, 4.69) is 15.2 Å². The average Bonchev–Trinajstić information content (AvgIpc) is 3.69. The van der Waals surface area contributed by atoms with Crippen molar-refractivity contribution in [3.63, 3.8) is 0 Å². The zero-order valence-electron chi connectivity index (χ0n) is 23.4. The SMILES string of the molecule is Cc1c2c(cc3c1C(=O)N(CCN1CCCC1)C3)N=C(c1c(NC(C)Cc3c(F)c(F)cc(F)c3F)cc[nH]c1=O)C2. The van der Waals surface area contributed by atoms with Gasteiger partial charge in [0.15, 0.2) is 23.3 Å². The number of fused-ring (bicyclic) bond motifs is 2. The molecule has 0 bridgehead atoms. The molecule has 6 rings (SSSR count). The molecule has 0 spiro atoms. The zero-order valence-corrected chi connectivity index (χ0v) is 23.4. The van der Waals surface area contributed by atoms with Gasteiger partial charge in [-0.2, -0.15) is 0 Å². The summed E-state index contributed by atoms with van der Waals surface area (Å²) in [6, 6.07) is 3.01. The molecule has 42 heavy (non-hydrogen) atoms. The highest BCUT2D eigenvalue weighted by Crippen LogP contribution is 2.39. The lowest BCUT2D eigenvalue weighted by Crippen LogP contribution is -2.34. The third-order valence-electron chi connectivity index (χ3n) is 8.48. The van der Waals surface area contributed by atoms with Crippen LogP contribution in [0.2, 0.25) is 0 Å². The lowest BCUT2D eigenvalue weighted by atomic mass is 9.94. The minimum Gasteiger partial charge on any atom is -0.382 e. The standard InChI is InChI=1S/C31H31F4N5O2/c1-16(11-20-28(34)21(32)14-22(33)29(20)35)37-23-5-6-36-30(41)27(23)25-13-19-17(2)26-18(12-24(19)38-25)15-40(31(26)42)10-9-39-7-3-4-8-39/h5-6,12,14,16H,3-4,7-11,13,15H2,1-2H3,(H2,36,37,41). The minimum absolute atomic E-state index is 0.0138. The van der Waals surface area contributed by atoms with Crippen molar-refractivity contribution in [2.45, 2.75) is 52.1 Å². The fourth-order valence-electron chi connectivity index (χ4n) is 6.34. The summed E-state index contributed by atoms with van der Waals surface area (Å²) < 4.78 is 56.0. The molecular weight excluding hydrogens is 550 g/mol. The van der Waals surface area contributed by atoms with E-state index in [-0.39, 0.29) is 24.0 Å². The van der Waals surface area contributed by atoms with Gasteiger partial charge in [0.2, 0.25) is 0 Å². The lowest BCUT2D eigenvalue weighted by molar-refractivity contribution is 0.0763. The molecular formula is C31H31F4N5O2. The average molecular weight is 582 g/mol. The molecule has 1 fully saturated rings. The van der Waals surface area contributed by atoms with Crippen LogP contribution in [0.3, 0.4) is 0 Å². The van der Waals surface area contributed by atoms with E-state index >= 15 is 0 Å². The van der Waals surface area contributed by atoms with Crippen LogP contribution in [-0.4, -0.2) is 58.6 Å². The van der Waals surface area contributed by atoms with Crippen LogP contribution in [0.15, 0.2) is 34.2 Å². The van der Waals surface area contributed by atoms with Gasteiger partial charge >= 0.3 is 0 Å². The fourth-order valence-corrected chi connectivity index (χ4v) is 6.34. The van der Waals surface area contributed by atoms with Crippen LogP contribution in [-0.2, 0) is 19.4 Å². The number of nitrogens with one attached hydrogen (secondary N) is 2. The van der Waals surface area contributed by atoms with E-state index in [0.717, 1.165) is 36.3 Å². The molecule has 0 saturated carbocycles. The first-order valence-corrected chi connectivity index (χ1v) is 14.2. The van der Waals surface area contributed by atoms with Crippen molar-refractivity contribution >= 4 is 23.0 Å². The number of hydrogen-bond acceptors (Lipinski definition) is 5. The number of rotatable bonds is 8. The van der Waals surface area contributed by atoms with E-state index in [0.29, 0.717) is 42.2 Å². The number of pyridine rings is 1. The molecule has 11 heteroatoms. The quantitative estimate of drug-likeness (QED) is 0.290. The van der Waals surface area contributed by atoms with Gasteiger partial charge < -0.3 is 20.1 Å². The Labute approximate surface area is 240 Å². The summed E-state index contributed by atoms with van der Waals surface area (Å²) in [4.78, 5) is 38.1. The largest absolute Gasteiger partial charge is 0.382 e. The van der Waals surface area contributed by atoms with Gasteiger partial charge in [-0.15, -0.1) is 0 Å². The Balaban J connectivity index is 1.24. The van der Waals surface area contributed by atoms with Crippen LogP contribution in [0.1, 0.15) is 57.9 Å². The van der Waals surface area contributed by atoms with E-state index in [4.69, 9.17) is 4.99 Å². The second-order valence-electron chi connectivity index (χ2n) is 11.3. The summed E-state index contributed by atoms with van der Waals surface area (Å²) in [6.07, 6.45) is 3.79. The first-order valence-electron chi connectivity index (χ1n) is 14.2. The summed E-state index contributed by atoms with van der Waals surface area (Å²) in [5, 5.41) is 3.06. The number of halogens is 4. The van der Waals surface area contributed by atoms with Gasteiger partial charge in [0.05, 0.1) is 22.6 Å². The third kappa shape index (κ3) is 4.99. The molecule has 2 N–H and O–H groups in total. The molecule has 3 aliphatic heterocycles. The van der Waals surface area contributed by atoms with E-state index in [1.165, 1.54) is 19.0 Å². The molecule has 0 aliphatic carbocycles. The van der Waals surface area contributed by atoms with Gasteiger partial charge in [0.25, 0.3) is 11.5 Å². The molecule has 1 aromatic heterocycles. The molecule has 7 nitrogen and oxygen atoms in total. The summed E-state index contributed by atoms with van der Waals surface area (Å²) in [7, 11) is 0. The third-order valence-corrected chi connectivity index (χ3v) is 8.48. The van der Waals surface area contributed by atoms with Crippen molar-refractivity contribution in [1.29, 1.82) is 0 Å². The van der Waals surface area contributed by atoms with Gasteiger partial charge in [-0.3, -0.25) is 14.6 Å². The van der Waals surface area contributed by atoms with Gasteiger partial charge in [-0.25, -0.2) is 17.6 Å². The van der Waals surface area contributed by atoms with Crippen molar-refractivity contribution < 1.29 is 22.4 Å². The summed E-state index contributed by atoms with van der Waals surface area (Å²) in [5.41, 5.74) is 4.03. The number of hydrogen-bond donors (Lipinski definition) is 2. The Kier molecular flexibility index (Phi) is 7.38. The van der Waals surface area contributed by atoms with Gasteiger partial charge in [0.1, 0.15) is 0 Å². The first-order chi connectivity index (χ1) is 20.1. The van der Waals surface area contributed by atoms with Crippen molar-refractivity contribution in [2.24, 2.45) is 4.99 Å². The molecule has 1 unspecified atom stereocenters. The Hall–Kier alpha value is -3.99. The van der Waals surface area contributed by atoms with E-state index in [1.807, 2.05) is 17.9 Å². The molecule has 0 radical (unpaired) electrons. The summed E-state index contributed by atoms with van der Waals surface area (Å²) in [5.74, 6) is -5.82. The summed E-state index contributed by atoms with van der Waals surface area (Å²) >= 11 is 0. The Morgan fingerprint density at radius 2 is 1.74 bits per heavy atom. The van der Waals surface area contributed by atoms with Gasteiger partial charge in [0, 0.05) is 55.5 Å². The molecule has 1 amide bonds. The van der Waals surface area contributed by atoms with Crippen LogP contribution >= 0.6 is 0 Å². The van der Waals surface area contributed by atoms with E-state index < -0.39 is 40.4 Å². The highest BCUT2D eigenvalue weighted by Gasteiger charge is 2.34. The fraction of sp³-hybridized carbons (Fsp3) is 0.387. The second kappa shape index (κ2) is 11.0. The van der Waals surface area contributed by atoms with Crippen molar-refractivity contribution in [3.8, 4) is 0 Å². The number of carbonyl (C=O) groups is 1. The maximum absolute atomic E-state index is 14.3. The number of likely N-dealkylation sites (tertiary alicyclic amines) is 1. The smallest absolute Gasteiger partial charge is 0.259 e. The summed E-state index contributed by atoms with van der Waals surface area (Å²) in [6.45, 7) is 7.71. The molecule has 3 aromatic rings. The predicted octanol–water partition coefficient (Wildman–Crippen LogP) is 5.01. The number of aliphatic imine (C=N–C) groups is 1. The Morgan fingerprint density at radius 1 is 1.02 bits per heavy atom. The van der Waals surface area contributed by atoms with Gasteiger partial charge in [-0.05, 0) is 75.0 Å². The van der Waals surface area contributed by atoms with Gasteiger partial charge in [-0.1, -0.05) is 0 Å². The highest BCUT2D eigenvalue weighted by molar-refractivity contribution is 6.11. The predicted molar refractivity (Wildman–Crippen MR) is 152 cm³/mol. The number of aromatic amines is 1. The van der Waals surface area contributed by atoms with Crippen molar-refractivity contribution in [2.75, 3.05) is 31.5 Å². The zero-order chi connectivity index (χ0) is 29.7. The minimum atomic E-state index is -1.47. The molecule has 3 aliphatic rings. The lowest BCUT2D eigenvalue weighted by Gasteiger charge is -2.20. The van der Waals surface area contributed by atoms with E-state index in [1.54, 1.807) is 13.0 Å². The Morgan fingerprint density at radius 3 is 2.45 bits per heavy atom. The molecule has 220 valence electrons. The van der Waals surface area contributed by atoms with E-state index in [9.17, 15) is 27.2 Å². The molecule has 2 aromatic carbocycles. The number of benzene rings is 2. The first kappa shape index (κ1) is 28.1. The van der Waals surface area contributed by atoms with Crippen molar-refractivity contribution in [3.05, 3.63) is 91.4 Å². The number of nitrogens with zero attached hydrogens (tertiary/aromatic N) is 3. The van der Waals surface area contributed by atoms with Crippen molar-refractivity contribution in [1.82, 2.24) is 14.8 Å². The monoisotopic (exact) mass is 581 g/mol. The Bertz CT molecular complexity index is 1650. The number of H-pyrrole nitrogens is 1. The van der Waals surface area contributed by atoms with Crippen LogP contribution in [0.4, 0.5) is 28.9 Å². The normalized spacial score (nSPS) is 17.0. The topological polar surface area (TPSA) is 80.8 Å². The molecule has 1 atom stereocenters. The van der Waals surface area contributed by atoms with Crippen LogP contribution < -0.4 is 10.9 Å². The maximum Gasteiger partial charge on any atom is 0.259 e.